The lowest BCUT2D eigenvalue weighted by atomic mass is 9.56. The summed E-state index contributed by atoms with van der Waals surface area (Å²) in [5.74, 6) is 3.64. The van der Waals surface area contributed by atoms with E-state index in [0.29, 0.717) is 23.5 Å². The van der Waals surface area contributed by atoms with E-state index in [4.69, 9.17) is 4.74 Å². The predicted molar refractivity (Wildman–Crippen MR) is 120 cm³/mol. The summed E-state index contributed by atoms with van der Waals surface area (Å²) < 4.78 is 7.03. The van der Waals surface area contributed by atoms with Gasteiger partial charge in [0.1, 0.15) is 0 Å². The van der Waals surface area contributed by atoms with E-state index in [9.17, 15) is 5.11 Å². The summed E-state index contributed by atoms with van der Waals surface area (Å²) in [6.45, 7) is 10.9. The van der Waals surface area contributed by atoms with Gasteiger partial charge in [0.15, 0.2) is 0 Å². The van der Waals surface area contributed by atoms with Gasteiger partial charge in [-0.2, -0.15) is 0 Å². The molecule has 0 radical (unpaired) electrons. The number of rotatable bonds is 0. The van der Waals surface area contributed by atoms with Gasteiger partial charge in [-0.05, 0) is 99.5 Å². The number of nitrogens with one attached hydrogen (secondary N) is 1. The predicted octanol–water partition coefficient (Wildman–Crippen LogP) is 5.00. The third kappa shape index (κ3) is 2.55. The number of fused-ring (bicyclic) bond motifs is 6. The molecule has 0 bridgehead atoms. The molecule has 4 fully saturated rings. The highest BCUT2D eigenvalue weighted by Gasteiger charge is 2.60. The summed E-state index contributed by atoms with van der Waals surface area (Å²) >= 11 is 0. The Bertz CT molecular complexity index is 801. The van der Waals surface area contributed by atoms with Crippen molar-refractivity contribution in [1.82, 2.24) is 5.32 Å². The van der Waals surface area contributed by atoms with Crippen LogP contribution in [0.15, 0.2) is 22.8 Å². The first-order valence-corrected chi connectivity index (χ1v) is 12.8. The zero-order valence-electron chi connectivity index (χ0n) is 19.4. The Kier molecular flexibility index (Phi) is 4.46. The molecule has 3 heteroatoms. The van der Waals surface area contributed by atoms with Gasteiger partial charge in [0, 0.05) is 12.0 Å². The van der Waals surface area contributed by atoms with Crippen molar-refractivity contribution in [2.24, 2.45) is 35.0 Å². The molecule has 4 aliphatic carbocycles. The van der Waals surface area contributed by atoms with Gasteiger partial charge in [0.05, 0.1) is 17.8 Å². The van der Waals surface area contributed by atoms with Crippen LogP contribution in [0, 0.1) is 35.0 Å². The SMILES string of the molecule is CC1=C2C[C@H]3[C@@H](CC=C4C[C@@H](O)CC[C@@]43C)[C@@H]2CC[C@]12O[C@@H]1C[C@H](C)CN[C@@H]1[C@@H]2C. The van der Waals surface area contributed by atoms with Crippen molar-refractivity contribution in [3.8, 4) is 0 Å². The zero-order chi connectivity index (χ0) is 20.8. The number of hydrogen-bond acceptors (Lipinski definition) is 3. The highest BCUT2D eigenvalue weighted by Crippen LogP contribution is 2.65. The van der Waals surface area contributed by atoms with E-state index < -0.39 is 0 Å². The maximum Gasteiger partial charge on any atom is 0.0937 e. The molecule has 166 valence electrons. The Morgan fingerprint density at radius 1 is 1.17 bits per heavy atom. The first-order valence-electron chi connectivity index (χ1n) is 12.8. The number of ether oxygens (including phenoxy) is 1. The second kappa shape index (κ2) is 6.68. The maximum atomic E-state index is 10.3. The molecular weight excluding hydrogens is 370 g/mol. The topological polar surface area (TPSA) is 41.5 Å². The van der Waals surface area contributed by atoms with Gasteiger partial charge in [-0.1, -0.05) is 38.0 Å². The van der Waals surface area contributed by atoms with Gasteiger partial charge >= 0.3 is 0 Å². The van der Waals surface area contributed by atoms with E-state index in [1.165, 1.54) is 38.5 Å². The molecule has 2 saturated heterocycles. The van der Waals surface area contributed by atoms with E-state index in [1.54, 1.807) is 16.7 Å². The van der Waals surface area contributed by atoms with Crippen LogP contribution in [-0.4, -0.2) is 35.5 Å². The van der Waals surface area contributed by atoms with Crippen molar-refractivity contribution in [2.75, 3.05) is 6.54 Å². The fourth-order valence-electron chi connectivity index (χ4n) is 9.09. The van der Waals surface area contributed by atoms with Crippen LogP contribution in [0.4, 0.5) is 0 Å². The molecule has 3 nitrogen and oxygen atoms in total. The van der Waals surface area contributed by atoms with Crippen LogP contribution >= 0.6 is 0 Å². The third-order valence-electron chi connectivity index (χ3n) is 10.9. The molecule has 30 heavy (non-hydrogen) atoms. The van der Waals surface area contributed by atoms with Gasteiger partial charge in [0.2, 0.25) is 0 Å². The second-order valence-corrected chi connectivity index (χ2v) is 12.2. The van der Waals surface area contributed by atoms with Crippen LogP contribution < -0.4 is 5.32 Å². The summed E-state index contributed by atoms with van der Waals surface area (Å²) in [6, 6.07) is 0.530. The standard InChI is InChI=1S/C27H41NO2/c1-15-11-24-25(28-14-15)17(3)27(30-24)10-8-20-21-6-5-18-12-19(29)7-9-26(18,4)23(21)13-22(20)16(27)2/h5,15,17,19-21,23-25,28-29H,6-14H2,1-4H3/t15-,17-,19-,20-,21-,23-,24+,25+,26-,27-/m0/s1. The number of aliphatic hydroxyl groups excluding tert-OH is 1. The van der Waals surface area contributed by atoms with Crippen LogP contribution in [0.5, 0.6) is 0 Å². The fourth-order valence-corrected chi connectivity index (χ4v) is 9.09. The molecule has 2 saturated carbocycles. The van der Waals surface area contributed by atoms with E-state index in [1.807, 2.05) is 0 Å². The molecule has 2 N–H and O–H groups in total. The molecule has 0 aromatic rings. The Morgan fingerprint density at radius 3 is 2.83 bits per heavy atom. The monoisotopic (exact) mass is 411 g/mol. The minimum atomic E-state index is -0.111. The number of piperidine rings is 1. The minimum Gasteiger partial charge on any atom is -0.393 e. The number of aliphatic hydroxyl groups is 1. The summed E-state index contributed by atoms with van der Waals surface area (Å²) in [7, 11) is 0. The molecule has 0 aromatic carbocycles. The van der Waals surface area contributed by atoms with Crippen molar-refractivity contribution in [1.29, 1.82) is 0 Å². The average Bonchev–Trinajstić information content (AvgIpc) is 3.23. The van der Waals surface area contributed by atoms with Crippen LogP contribution in [0.3, 0.4) is 0 Å². The number of allylic oxidation sites excluding steroid dienone is 2. The Labute approximate surface area is 182 Å². The summed E-state index contributed by atoms with van der Waals surface area (Å²) in [5.41, 5.74) is 5.25. The lowest BCUT2D eigenvalue weighted by molar-refractivity contribution is -0.0549. The van der Waals surface area contributed by atoms with Gasteiger partial charge in [-0.25, -0.2) is 0 Å². The Hall–Kier alpha value is -0.640. The van der Waals surface area contributed by atoms with E-state index in [-0.39, 0.29) is 11.7 Å². The van der Waals surface area contributed by atoms with Crippen LogP contribution in [0.25, 0.3) is 0 Å². The van der Waals surface area contributed by atoms with Crippen molar-refractivity contribution in [3.05, 3.63) is 22.8 Å². The van der Waals surface area contributed by atoms with Gasteiger partial charge in [0.25, 0.3) is 0 Å². The van der Waals surface area contributed by atoms with Crippen molar-refractivity contribution >= 4 is 0 Å². The molecule has 2 heterocycles. The highest BCUT2D eigenvalue weighted by atomic mass is 16.5. The quantitative estimate of drug-likeness (QED) is 0.551. The molecule has 0 amide bonds. The summed E-state index contributed by atoms with van der Waals surface area (Å²) in [5, 5.41) is 14.1. The zero-order valence-corrected chi connectivity index (χ0v) is 19.4. The molecule has 2 aliphatic heterocycles. The first-order chi connectivity index (χ1) is 14.3. The normalized spacial score (nSPS) is 55.0. The van der Waals surface area contributed by atoms with Gasteiger partial charge in [-0.3, -0.25) is 0 Å². The fraction of sp³-hybridized carbons (Fsp3) is 0.852. The highest BCUT2D eigenvalue weighted by molar-refractivity contribution is 5.38. The van der Waals surface area contributed by atoms with Crippen LogP contribution in [0.1, 0.15) is 79.1 Å². The molecule has 6 rings (SSSR count). The molecular formula is C27H41NO2. The van der Waals surface area contributed by atoms with Gasteiger partial charge in [-0.15, -0.1) is 0 Å². The summed E-state index contributed by atoms with van der Waals surface area (Å²) in [4.78, 5) is 0. The van der Waals surface area contributed by atoms with Crippen LogP contribution in [-0.2, 0) is 4.74 Å². The maximum absolute atomic E-state index is 10.3. The average molecular weight is 412 g/mol. The Balaban J connectivity index is 1.34. The molecule has 1 spiro atoms. The van der Waals surface area contributed by atoms with Gasteiger partial charge < -0.3 is 15.2 Å². The van der Waals surface area contributed by atoms with Crippen molar-refractivity contribution in [2.45, 2.75) is 103 Å². The van der Waals surface area contributed by atoms with E-state index in [0.717, 1.165) is 43.1 Å². The smallest absolute Gasteiger partial charge is 0.0937 e. The van der Waals surface area contributed by atoms with E-state index in [2.05, 4.69) is 39.1 Å². The number of hydrogen-bond donors (Lipinski definition) is 2. The molecule has 6 aliphatic rings. The van der Waals surface area contributed by atoms with Crippen molar-refractivity contribution < 1.29 is 9.84 Å². The largest absolute Gasteiger partial charge is 0.393 e. The summed E-state index contributed by atoms with van der Waals surface area (Å²) in [6.07, 6.45) is 12.2. The lowest BCUT2D eigenvalue weighted by Crippen LogP contribution is -2.49. The molecule has 0 unspecified atom stereocenters. The first kappa shape index (κ1) is 20.0. The molecule has 0 aromatic heterocycles. The Morgan fingerprint density at radius 2 is 2.00 bits per heavy atom. The van der Waals surface area contributed by atoms with Crippen LogP contribution in [0.2, 0.25) is 0 Å². The lowest BCUT2D eigenvalue weighted by Gasteiger charge is -2.49. The third-order valence-corrected chi connectivity index (χ3v) is 10.9. The minimum absolute atomic E-state index is 0.0222. The van der Waals surface area contributed by atoms with E-state index >= 15 is 0 Å². The second-order valence-electron chi connectivity index (χ2n) is 12.2. The van der Waals surface area contributed by atoms with Crippen molar-refractivity contribution in [3.63, 3.8) is 0 Å². The molecule has 10 atom stereocenters.